The molecule has 1 aliphatic heterocycles. The topological polar surface area (TPSA) is 66.0 Å². The van der Waals surface area contributed by atoms with Crippen LogP contribution in [0.3, 0.4) is 0 Å². The molecule has 6 nitrogen and oxygen atoms in total. The van der Waals surface area contributed by atoms with Gasteiger partial charge in [-0.3, -0.25) is 9.79 Å². The molecule has 0 spiro atoms. The van der Waals surface area contributed by atoms with Gasteiger partial charge in [-0.25, -0.2) is 0 Å². The molecule has 1 aromatic heterocycles. The summed E-state index contributed by atoms with van der Waals surface area (Å²) in [7, 11) is 3.31. The van der Waals surface area contributed by atoms with Gasteiger partial charge >= 0.3 is 0 Å². The average molecular weight is 421 g/mol. The number of amides is 1. The van der Waals surface area contributed by atoms with E-state index in [2.05, 4.69) is 27.1 Å². The van der Waals surface area contributed by atoms with Crippen LogP contribution in [-0.4, -0.2) is 50.6 Å². The summed E-state index contributed by atoms with van der Waals surface area (Å²) in [5.41, 5.74) is 2.30. The van der Waals surface area contributed by atoms with E-state index in [0.717, 1.165) is 30.7 Å². The first-order valence-electron chi connectivity index (χ1n) is 9.20. The largest absolute Gasteiger partial charge is 0.497 e. The quantitative estimate of drug-likeness (QED) is 0.557. The molecule has 2 heterocycles. The molecule has 150 valence electrons. The van der Waals surface area contributed by atoms with Crippen LogP contribution in [0.2, 0.25) is 5.02 Å². The van der Waals surface area contributed by atoms with E-state index in [1.54, 1.807) is 31.6 Å². The highest BCUT2D eigenvalue weighted by Gasteiger charge is 2.21. The number of carbonyl (C=O) groups is 1. The summed E-state index contributed by atoms with van der Waals surface area (Å²) >= 11 is 8.04. The van der Waals surface area contributed by atoms with Gasteiger partial charge in [0.1, 0.15) is 5.75 Å². The average Bonchev–Trinajstić information content (AvgIpc) is 3.19. The van der Waals surface area contributed by atoms with Crippen molar-refractivity contribution >= 4 is 34.8 Å². The van der Waals surface area contributed by atoms with Gasteiger partial charge < -0.3 is 20.3 Å². The van der Waals surface area contributed by atoms with Gasteiger partial charge in [-0.2, -0.15) is 0 Å². The predicted molar refractivity (Wildman–Crippen MR) is 115 cm³/mol. The maximum Gasteiger partial charge on any atom is 0.242 e. The Morgan fingerprint density at radius 3 is 2.96 bits per heavy atom. The molecule has 1 aliphatic rings. The van der Waals surface area contributed by atoms with Crippen molar-refractivity contribution in [3.63, 3.8) is 0 Å². The highest BCUT2D eigenvalue weighted by Crippen LogP contribution is 2.24. The molecule has 0 atom stereocenters. The Labute approximate surface area is 174 Å². The molecule has 8 heteroatoms. The zero-order chi connectivity index (χ0) is 19.9. The van der Waals surface area contributed by atoms with Crippen LogP contribution < -0.4 is 15.4 Å². The number of hydrogen-bond donors (Lipinski definition) is 2. The number of guanidine groups is 1. The number of halogens is 1. The van der Waals surface area contributed by atoms with Crippen molar-refractivity contribution in [2.45, 2.75) is 19.4 Å². The molecule has 0 radical (unpaired) electrons. The molecule has 1 amide bonds. The fourth-order valence-corrected chi connectivity index (χ4v) is 4.28. The minimum atomic E-state index is 0.0815. The number of aliphatic imine (C=N–C) groups is 1. The van der Waals surface area contributed by atoms with Crippen LogP contribution in [0.1, 0.15) is 16.0 Å². The second-order valence-electron chi connectivity index (χ2n) is 6.49. The zero-order valence-electron chi connectivity index (χ0n) is 16.1. The van der Waals surface area contributed by atoms with Gasteiger partial charge in [0.2, 0.25) is 5.91 Å². The molecular formula is C20H25ClN4O2S. The van der Waals surface area contributed by atoms with Crippen LogP contribution in [0.5, 0.6) is 5.75 Å². The first-order valence-corrected chi connectivity index (χ1v) is 10.5. The van der Waals surface area contributed by atoms with E-state index < -0.39 is 0 Å². The van der Waals surface area contributed by atoms with Gasteiger partial charge in [0, 0.05) is 36.6 Å². The van der Waals surface area contributed by atoms with Crippen molar-refractivity contribution in [2.75, 3.05) is 33.8 Å². The number of carbonyl (C=O) groups excluding carboxylic acids is 1. The Kier molecular flexibility index (Phi) is 7.17. The van der Waals surface area contributed by atoms with E-state index in [9.17, 15) is 4.79 Å². The number of fused-ring (bicyclic) bond motifs is 1. The maximum absolute atomic E-state index is 12.5. The number of nitrogens with one attached hydrogen (secondary N) is 2. The van der Waals surface area contributed by atoms with Crippen molar-refractivity contribution in [1.82, 2.24) is 15.5 Å². The van der Waals surface area contributed by atoms with E-state index in [4.69, 9.17) is 16.3 Å². The molecule has 1 aromatic carbocycles. The summed E-state index contributed by atoms with van der Waals surface area (Å²) < 4.78 is 5.16. The number of methoxy groups -OCH3 is 1. The van der Waals surface area contributed by atoms with E-state index in [-0.39, 0.29) is 12.5 Å². The van der Waals surface area contributed by atoms with Crippen molar-refractivity contribution in [3.05, 3.63) is 50.7 Å². The molecular weight excluding hydrogens is 396 g/mol. The van der Waals surface area contributed by atoms with Gasteiger partial charge in [-0.15, -0.1) is 11.3 Å². The van der Waals surface area contributed by atoms with Crippen molar-refractivity contribution in [1.29, 1.82) is 0 Å². The molecule has 0 aliphatic carbocycles. The Hall–Kier alpha value is -2.25. The molecule has 28 heavy (non-hydrogen) atoms. The summed E-state index contributed by atoms with van der Waals surface area (Å²) in [6, 6.07) is 7.76. The lowest BCUT2D eigenvalue weighted by Crippen LogP contribution is -2.46. The lowest BCUT2D eigenvalue weighted by Gasteiger charge is -2.27. The zero-order valence-corrected chi connectivity index (χ0v) is 17.7. The molecule has 0 saturated heterocycles. The molecule has 2 N–H and O–H groups in total. The number of ether oxygens (including phenoxy) is 1. The summed E-state index contributed by atoms with van der Waals surface area (Å²) in [6.45, 7) is 2.35. The normalized spacial score (nSPS) is 13.8. The SMILES string of the molecule is CN=C(NCCc1ccc(OC)cc1Cl)NCC(=O)N1CCc2sccc2C1. The van der Waals surface area contributed by atoms with Gasteiger partial charge in [0.05, 0.1) is 13.7 Å². The standard InChI is InChI=1S/C20H25ClN4O2S/c1-22-20(23-8-5-14-3-4-16(27-2)11-17(14)21)24-12-19(26)25-9-6-18-15(13-25)7-10-28-18/h3-4,7,10-11H,5-6,8-9,12-13H2,1-2H3,(H2,22,23,24). The number of thiophene rings is 1. The van der Waals surface area contributed by atoms with E-state index >= 15 is 0 Å². The van der Waals surface area contributed by atoms with Crippen molar-refractivity contribution in [3.8, 4) is 5.75 Å². The maximum atomic E-state index is 12.5. The number of rotatable bonds is 6. The fourth-order valence-electron chi connectivity index (χ4n) is 3.13. The Morgan fingerprint density at radius 1 is 1.36 bits per heavy atom. The van der Waals surface area contributed by atoms with E-state index in [0.29, 0.717) is 24.1 Å². The van der Waals surface area contributed by atoms with Crippen LogP contribution >= 0.6 is 22.9 Å². The number of hydrogen-bond acceptors (Lipinski definition) is 4. The molecule has 3 rings (SSSR count). The minimum Gasteiger partial charge on any atom is -0.497 e. The lowest BCUT2D eigenvalue weighted by molar-refractivity contribution is -0.130. The molecule has 0 saturated carbocycles. The Morgan fingerprint density at radius 2 is 2.21 bits per heavy atom. The van der Waals surface area contributed by atoms with Crippen molar-refractivity contribution < 1.29 is 9.53 Å². The summed E-state index contributed by atoms with van der Waals surface area (Å²) in [5, 5.41) is 9.10. The van der Waals surface area contributed by atoms with Gasteiger partial charge in [0.25, 0.3) is 0 Å². The molecule has 0 fully saturated rings. The highest BCUT2D eigenvalue weighted by molar-refractivity contribution is 7.10. The van der Waals surface area contributed by atoms with Crippen molar-refractivity contribution in [2.24, 2.45) is 4.99 Å². The third-order valence-corrected chi connectivity index (χ3v) is 6.11. The highest BCUT2D eigenvalue weighted by atomic mass is 35.5. The predicted octanol–water partition coefficient (Wildman–Crippen LogP) is 2.70. The summed E-state index contributed by atoms with van der Waals surface area (Å²) in [5.74, 6) is 1.43. The smallest absolute Gasteiger partial charge is 0.242 e. The molecule has 0 unspecified atom stereocenters. The van der Waals surface area contributed by atoms with Gasteiger partial charge in [-0.1, -0.05) is 17.7 Å². The third kappa shape index (κ3) is 5.17. The van der Waals surface area contributed by atoms with E-state index in [1.807, 2.05) is 17.0 Å². The third-order valence-electron chi connectivity index (χ3n) is 4.74. The Balaban J connectivity index is 1.43. The molecule has 0 bridgehead atoms. The van der Waals surface area contributed by atoms with Gasteiger partial charge in [-0.05, 0) is 47.5 Å². The second kappa shape index (κ2) is 9.80. The van der Waals surface area contributed by atoms with E-state index in [1.165, 1.54) is 10.4 Å². The van der Waals surface area contributed by atoms with Gasteiger partial charge in [0.15, 0.2) is 5.96 Å². The number of benzene rings is 1. The Bertz CT molecular complexity index is 852. The lowest BCUT2D eigenvalue weighted by atomic mass is 10.1. The monoisotopic (exact) mass is 420 g/mol. The summed E-state index contributed by atoms with van der Waals surface area (Å²) in [6.07, 6.45) is 1.68. The first kappa shape index (κ1) is 20.5. The number of nitrogens with zero attached hydrogens (tertiary/aromatic N) is 2. The minimum absolute atomic E-state index is 0.0815. The van der Waals surface area contributed by atoms with Crippen LogP contribution in [0.25, 0.3) is 0 Å². The van der Waals surface area contributed by atoms with Crippen LogP contribution in [0, 0.1) is 0 Å². The molecule has 2 aromatic rings. The van der Waals surface area contributed by atoms with Crippen LogP contribution in [-0.2, 0) is 24.2 Å². The second-order valence-corrected chi connectivity index (χ2v) is 7.90. The first-order chi connectivity index (χ1) is 13.6. The summed E-state index contributed by atoms with van der Waals surface area (Å²) in [4.78, 5) is 20.0. The fraction of sp³-hybridized carbons (Fsp3) is 0.400. The van der Waals surface area contributed by atoms with Crippen LogP contribution in [0.4, 0.5) is 0 Å². The van der Waals surface area contributed by atoms with Crippen LogP contribution in [0.15, 0.2) is 34.6 Å².